The van der Waals surface area contributed by atoms with E-state index in [1.165, 1.54) is 6.08 Å². The second-order valence-corrected chi connectivity index (χ2v) is 3.77. The largest absolute Gasteiger partial charge is 0.362 e. The molecule has 0 aromatic heterocycles. The summed E-state index contributed by atoms with van der Waals surface area (Å²) in [5, 5.41) is 3.00. The van der Waals surface area contributed by atoms with E-state index in [4.69, 9.17) is 0 Å². The molecule has 0 spiro atoms. The molecule has 0 aliphatic carbocycles. The van der Waals surface area contributed by atoms with Gasteiger partial charge in [0, 0.05) is 22.6 Å². The van der Waals surface area contributed by atoms with Crippen LogP contribution in [-0.4, -0.2) is 11.1 Å². The average molecular weight is 231 g/mol. The van der Waals surface area contributed by atoms with Gasteiger partial charge >= 0.3 is 0 Å². The molecular formula is C8H8BrFN2. The summed E-state index contributed by atoms with van der Waals surface area (Å²) in [4.78, 5) is 1.80. The predicted molar refractivity (Wildman–Crippen MR) is 48.7 cm³/mol. The van der Waals surface area contributed by atoms with Crippen LogP contribution in [0, 0.1) is 0 Å². The zero-order valence-electron chi connectivity index (χ0n) is 6.51. The van der Waals surface area contributed by atoms with Gasteiger partial charge in [-0.15, -0.1) is 0 Å². The first-order valence-electron chi connectivity index (χ1n) is 3.63. The number of nitrogens with zero attached hydrogens (tertiary/aromatic N) is 1. The third kappa shape index (κ3) is 1.16. The zero-order chi connectivity index (χ0) is 8.72. The lowest BCUT2D eigenvalue weighted by Crippen LogP contribution is -2.35. The number of halogens is 2. The maximum Gasteiger partial charge on any atom is 0.156 e. The third-order valence-electron chi connectivity index (χ3n) is 1.81. The average Bonchev–Trinajstić information content (AvgIpc) is 2.29. The summed E-state index contributed by atoms with van der Waals surface area (Å²) in [5.74, 6) is -0.169. The van der Waals surface area contributed by atoms with Crippen molar-refractivity contribution in [3.63, 3.8) is 0 Å². The van der Waals surface area contributed by atoms with Crippen molar-refractivity contribution >= 4 is 15.9 Å². The molecule has 2 aliphatic rings. The van der Waals surface area contributed by atoms with Crippen molar-refractivity contribution in [2.24, 2.45) is 0 Å². The highest BCUT2D eigenvalue weighted by Gasteiger charge is 2.27. The van der Waals surface area contributed by atoms with Gasteiger partial charge in [0.05, 0.1) is 0 Å². The van der Waals surface area contributed by atoms with E-state index in [1.807, 2.05) is 19.3 Å². The fourth-order valence-electron chi connectivity index (χ4n) is 1.34. The van der Waals surface area contributed by atoms with E-state index >= 15 is 0 Å². The van der Waals surface area contributed by atoms with Crippen LogP contribution in [0.2, 0.25) is 0 Å². The summed E-state index contributed by atoms with van der Waals surface area (Å²) in [7, 11) is 0. The van der Waals surface area contributed by atoms with Crippen molar-refractivity contribution in [1.82, 2.24) is 10.2 Å². The van der Waals surface area contributed by atoms with Crippen LogP contribution in [0.4, 0.5) is 4.39 Å². The molecule has 0 saturated heterocycles. The van der Waals surface area contributed by atoms with Crippen LogP contribution in [0.25, 0.3) is 0 Å². The van der Waals surface area contributed by atoms with E-state index in [0.29, 0.717) is 0 Å². The van der Waals surface area contributed by atoms with Gasteiger partial charge in [-0.1, -0.05) is 0 Å². The van der Waals surface area contributed by atoms with Gasteiger partial charge in [0.15, 0.2) is 6.17 Å². The number of fused-ring (bicyclic) bond motifs is 1. The Labute approximate surface area is 78.6 Å². The SMILES string of the molecule is CC1=CN2C=C(Br)C=C(F)C2N1. The Kier molecular flexibility index (Phi) is 1.72. The highest BCUT2D eigenvalue weighted by Crippen LogP contribution is 2.27. The monoisotopic (exact) mass is 230 g/mol. The molecule has 4 heteroatoms. The Hall–Kier alpha value is -0.770. The lowest BCUT2D eigenvalue weighted by Gasteiger charge is -2.24. The van der Waals surface area contributed by atoms with Gasteiger partial charge in [-0.05, 0) is 28.9 Å². The Balaban J connectivity index is 2.33. The molecule has 12 heavy (non-hydrogen) atoms. The minimum Gasteiger partial charge on any atom is -0.362 e. The summed E-state index contributed by atoms with van der Waals surface area (Å²) in [6.45, 7) is 1.91. The first kappa shape index (κ1) is 7.86. The molecular weight excluding hydrogens is 223 g/mol. The summed E-state index contributed by atoms with van der Waals surface area (Å²) >= 11 is 3.23. The molecule has 64 valence electrons. The summed E-state index contributed by atoms with van der Waals surface area (Å²) in [6, 6.07) is 0. The Morgan fingerprint density at radius 1 is 1.58 bits per heavy atom. The van der Waals surface area contributed by atoms with Gasteiger partial charge in [-0.2, -0.15) is 0 Å². The van der Waals surface area contributed by atoms with Gasteiger partial charge in [0.1, 0.15) is 5.83 Å². The van der Waals surface area contributed by atoms with Gasteiger partial charge in [0.2, 0.25) is 0 Å². The number of hydrogen-bond donors (Lipinski definition) is 1. The van der Waals surface area contributed by atoms with Crippen LogP contribution >= 0.6 is 15.9 Å². The quantitative estimate of drug-likeness (QED) is 0.687. The van der Waals surface area contributed by atoms with Crippen LogP contribution < -0.4 is 5.32 Å². The Bertz CT molecular complexity index is 306. The summed E-state index contributed by atoms with van der Waals surface area (Å²) in [5.41, 5.74) is 0.974. The molecule has 0 fully saturated rings. The molecule has 2 rings (SSSR count). The number of rotatable bonds is 0. The lowest BCUT2D eigenvalue weighted by molar-refractivity contribution is 0.344. The van der Waals surface area contributed by atoms with Gasteiger partial charge in [-0.25, -0.2) is 4.39 Å². The lowest BCUT2D eigenvalue weighted by atomic mass is 10.3. The highest BCUT2D eigenvalue weighted by molar-refractivity contribution is 9.11. The number of hydrogen-bond acceptors (Lipinski definition) is 2. The van der Waals surface area contributed by atoms with Crippen LogP contribution in [-0.2, 0) is 0 Å². The summed E-state index contributed by atoms with van der Waals surface area (Å²) in [6.07, 6.45) is 4.86. The van der Waals surface area contributed by atoms with Crippen molar-refractivity contribution < 1.29 is 4.39 Å². The molecule has 2 aliphatic heterocycles. The molecule has 2 heterocycles. The normalized spacial score (nSPS) is 27.1. The van der Waals surface area contributed by atoms with Crippen LogP contribution in [0.15, 0.2) is 34.5 Å². The first-order valence-corrected chi connectivity index (χ1v) is 4.43. The Morgan fingerprint density at radius 3 is 3.08 bits per heavy atom. The van der Waals surface area contributed by atoms with Crippen LogP contribution in [0.5, 0.6) is 0 Å². The maximum absolute atomic E-state index is 13.2. The molecule has 1 unspecified atom stereocenters. The van der Waals surface area contributed by atoms with E-state index in [9.17, 15) is 4.39 Å². The molecule has 1 atom stereocenters. The van der Waals surface area contributed by atoms with Crippen LogP contribution in [0.3, 0.4) is 0 Å². The summed E-state index contributed by atoms with van der Waals surface area (Å²) < 4.78 is 14.0. The van der Waals surface area contributed by atoms with Crippen molar-refractivity contribution in [1.29, 1.82) is 0 Å². The minimum atomic E-state index is -0.328. The standard InChI is InChI=1S/C8H8BrFN2/c1-5-3-12-4-6(9)2-7(10)8(12)11-5/h2-4,8,11H,1H3. The van der Waals surface area contributed by atoms with Crippen LogP contribution in [0.1, 0.15) is 6.92 Å². The third-order valence-corrected chi connectivity index (χ3v) is 2.25. The van der Waals surface area contributed by atoms with Gasteiger partial charge < -0.3 is 10.2 Å². The van der Waals surface area contributed by atoms with Crippen molar-refractivity contribution in [2.75, 3.05) is 0 Å². The van der Waals surface area contributed by atoms with Gasteiger partial charge in [-0.3, -0.25) is 0 Å². The second-order valence-electron chi connectivity index (χ2n) is 2.85. The Morgan fingerprint density at radius 2 is 2.33 bits per heavy atom. The fourth-order valence-corrected chi connectivity index (χ4v) is 1.79. The fraction of sp³-hybridized carbons (Fsp3) is 0.250. The van der Waals surface area contributed by atoms with Crippen molar-refractivity contribution in [3.05, 3.63) is 34.5 Å². The number of allylic oxidation sites excluding steroid dienone is 3. The molecule has 0 aromatic carbocycles. The van der Waals surface area contributed by atoms with E-state index in [-0.39, 0.29) is 12.0 Å². The van der Waals surface area contributed by atoms with Crippen molar-refractivity contribution in [2.45, 2.75) is 13.1 Å². The molecule has 0 radical (unpaired) electrons. The molecule has 0 saturated carbocycles. The first-order chi connectivity index (χ1) is 5.66. The van der Waals surface area contributed by atoms with E-state index < -0.39 is 0 Å². The minimum absolute atomic E-state index is 0.169. The van der Waals surface area contributed by atoms with Crippen molar-refractivity contribution in [3.8, 4) is 0 Å². The molecule has 2 nitrogen and oxygen atoms in total. The van der Waals surface area contributed by atoms with E-state index in [1.54, 1.807) is 4.90 Å². The second kappa shape index (κ2) is 2.62. The van der Waals surface area contributed by atoms with E-state index in [2.05, 4.69) is 21.2 Å². The zero-order valence-corrected chi connectivity index (χ0v) is 8.10. The molecule has 0 amide bonds. The topological polar surface area (TPSA) is 15.3 Å². The smallest absolute Gasteiger partial charge is 0.156 e. The highest BCUT2D eigenvalue weighted by atomic mass is 79.9. The maximum atomic E-state index is 13.2. The molecule has 1 N–H and O–H groups in total. The van der Waals surface area contributed by atoms with Gasteiger partial charge in [0.25, 0.3) is 0 Å². The molecule has 0 aromatic rings. The molecule has 0 bridgehead atoms. The number of nitrogens with one attached hydrogen (secondary N) is 1. The van der Waals surface area contributed by atoms with E-state index in [0.717, 1.165) is 10.2 Å². The predicted octanol–water partition coefficient (Wildman–Crippen LogP) is 2.18.